The molecule has 0 amide bonds. The van der Waals surface area contributed by atoms with Gasteiger partial charge < -0.3 is 5.32 Å². The summed E-state index contributed by atoms with van der Waals surface area (Å²) < 4.78 is 26.4. The van der Waals surface area contributed by atoms with Crippen molar-refractivity contribution in [1.82, 2.24) is 4.31 Å². The molecule has 8 heteroatoms. The van der Waals surface area contributed by atoms with Gasteiger partial charge in [0.05, 0.1) is 9.82 Å². The Kier molecular flexibility index (Phi) is 6.10. The third-order valence-electron chi connectivity index (χ3n) is 3.00. The van der Waals surface area contributed by atoms with Crippen LogP contribution in [0.15, 0.2) is 23.1 Å². The third kappa shape index (κ3) is 3.92. The monoisotopic (exact) mass is 315 g/mol. The Morgan fingerprint density at radius 3 is 2.43 bits per heavy atom. The number of hydrogen-bond donors (Lipinski definition) is 1. The number of nitrogens with zero attached hydrogens (tertiary/aromatic N) is 2. The quantitative estimate of drug-likeness (QED) is 0.587. The summed E-state index contributed by atoms with van der Waals surface area (Å²) in [6.45, 7) is 6.72. The molecule has 0 radical (unpaired) electrons. The maximum Gasteiger partial charge on any atom is 0.292 e. The number of sulfonamides is 1. The van der Waals surface area contributed by atoms with Crippen LogP contribution in [-0.4, -0.2) is 37.3 Å². The molecule has 0 saturated carbocycles. The smallest absolute Gasteiger partial charge is 0.292 e. The van der Waals surface area contributed by atoms with E-state index in [1.54, 1.807) is 13.8 Å². The van der Waals surface area contributed by atoms with Gasteiger partial charge in [-0.1, -0.05) is 13.8 Å². The highest BCUT2D eigenvalue weighted by Gasteiger charge is 2.25. The van der Waals surface area contributed by atoms with E-state index < -0.39 is 14.9 Å². The molecule has 1 N–H and O–H groups in total. The van der Waals surface area contributed by atoms with Crippen molar-refractivity contribution in [3.8, 4) is 0 Å². The number of hydrogen-bond acceptors (Lipinski definition) is 5. The van der Waals surface area contributed by atoms with Crippen LogP contribution in [0.25, 0.3) is 0 Å². The third-order valence-corrected chi connectivity index (χ3v) is 4.97. The van der Waals surface area contributed by atoms with Crippen LogP contribution in [0.2, 0.25) is 0 Å². The maximum absolute atomic E-state index is 12.5. The van der Waals surface area contributed by atoms with Gasteiger partial charge >= 0.3 is 0 Å². The molecule has 0 saturated heterocycles. The van der Waals surface area contributed by atoms with E-state index in [9.17, 15) is 18.5 Å². The Balaban J connectivity index is 3.30. The fraction of sp³-hybridized carbons (Fsp3) is 0.538. The summed E-state index contributed by atoms with van der Waals surface area (Å²) in [5.74, 6) is 0. The molecule has 0 aromatic heterocycles. The van der Waals surface area contributed by atoms with Crippen LogP contribution >= 0.6 is 0 Å². The van der Waals surface area contributed by atoms with Crippen LogP contribution in [0.1, 0.15) is 27.2 Å². The van der Waals surface area contributed by atoms with Gasteiger partial charge in [0, 0.05) is 25.7 Å². The van der Waals surface area contributed by atoms with E-state index >= 15 is 0 Å². The number of nitro benzene ring substituents is 1. The Morgan fingerprint density at radius 1 is 1.29 bits per heavy atom. The van der Waals surface area contributed by atoms with E-state index in [1.807, 2.05) is 6.92 Å². The number of rotatable bonds is 8. The van der Waals surface area contributed by atoms with E-state index in [2.05, 4.69) is 5.32 Å². The summed E-state index contributed by atoms with van der Waals surface area (Å²) >= 11 is 0. The minimum Gasteiger partial charge on any atom is -0.380 e. The summed E-state index contributed by atoms with van der Waals surface area (Å²) in [5.41, 5.74) is 0.0884. The molecule has 0 aliphatic rings. The summed E-state index contributed by atoms with van der Waals surface area (Å²) in [5, 5.41) is 13.8. The standard InChI is InChI=1S/C13H21N3O4S/c1-4-9-15(6-3)21(19,20)11-7-8-13(16(17)18)12(10-11)14-5-2/h7-8,10,14H,4-6,9H2,1-3H3. The van der Waals surface area contributed by atoms with Crippen molar-refractivity contribution in [2.45, 2.75) is 32.1 Å². The fourth-order valence-electron chi connectivity index (χ4n) is 2.01. The molecule has 0 aliphatic carbocycles. The Labute approximate surface area is 125 Å². The molecule has 1 aromatic carbocycles. The van der Waals surface area contributed by atoms with Gasteiger partial charge in [-0.15, -0.1) is 0 Å². The predicted octanol–water partition coefficient (Wildman–Crippen LogP) is 2.45. The first-order chi connectivity index (χ1) is 9.88. The first-order valence-electron chi connectivity index (χ1n) is 6.90. The van der Waals surface area contributed by atoms with Gasteiger partial charge in [-0.25, -0.2) is 8.42 Å². The first kappa shape index (κ1) is 17.4. The molecule has 118 valence electrons. The summed E-state index contributed by atoms with van der Waals surface area (Å²) in [6.07, 6.45) is 0.708. The lowest BCUT2D eigenvalue weighted by atomic mass is 10.2. The summed E-state index contributed by atoms with van der Waals surface area (Å²) in [7, 11) is -3.63. The Bertz CT molecular complexity index is 601. The molecule has 7 nitrogen and oxygen atoms in total. The van der Waals surface area contributed by atoms with Crippen LogP contribution in [0.5, 0.6) is 0 Å². The highest BCUT2D eigenvalue weighted by Crippen LogP contribution is 2.28. The fourth-order valence-corrected chi connectivity index (χ4v) is 3.58. The van der Waals surface area contributed by atoms with E-state index in [0.29, 0.717) is 26.1 Å². The molecule has 1 aromatic rings. The zero-order valence-corrected chi connectivity index (χ0v) is 13.3. The largest absolute Gasteiger partial charge is 0.380 e. The van der Waals surface area contributed by atoms with Crippen molar-refractivity contribution in [3.63, 3.8) is 0 Å². The molecule has 0 aliphatic heterocycles. The summed E-state index contributed by atoms with van der Waals surface area (Å²) in [4.78, 5) is 10.5. The molecular formula is C13H21N3O4S. The molecule has 0 fully saturated rings. The molecule has 0 heterocycles. The van der Waals surface area contributed by atoms with Crippen LogP contribution < -0.4 is 5.32 Å². The number of nitrogens with one attached hydrogen (secondary N) is 1. The first-order valence-corrected chi connectivity index (χ1v) is 8.34. The summed E-state index contributed by atoms with van der Waals surface area (Å²) in [6, 6.07) is 3.84. The lowest BCUT2D eigenvalue weighted by Gasteiger charge is -2.20. The van der Waals surface area contributed by atoms with Gasteiger partial charge in [0.25, 0.3) is 5.69 Å². The second kappa shape index (κ2) is 7.37. The highest BCUT2D eigenvalue weighted by atomic mass is 32.2. The van der Waals surface area contributed by atoms with Crippen LogP contribution in [0.4, 0.5) is 11.4 Å². The molecule has 0 atom stereocenters. The lowest BCUT2D eigenvalue weighted by Crippen LogP contribution is -2.31. The SMILES string of the molecule is CCCN(CC)S(=O)(=O)c1ccc([N+](=O)[O-])c(NCC)c1. The van der Waals surface area contributed by atoms with Crippen molar-refractivity contribution in [3.05, 3.63) is 28.3 Å². The average Bonchev–Trinajstić information content (AvgIpc) is 2.44. The van der Waals surface area contributed by atoms with E-state index in [0.717, 1.165) is 0 Å². The molecule has 21 heavy (non-hydrogen) atoms. The van der Waals surface area contributed by atoms with Crippen molar-refractivity contribution in [1.29, 1.82) is 0 Å². The van der Waals surface area contributed by atoms with Crippen LogP contribution in [0, 0.1) is 10.1 Å². The molecule has 1 rings (SSSR count). The normalized spacial score (nSPS) is 11.6. The second-order valence-corrected chi connectivity index (χ2v) is 6.40. The van der Waals surface area contributed by atoms with E-state index in [-0.39, 0.29) is 16.3 Å². The lowest BCUT2D eigenvalue weighted by molar-refractivity contribution is -0.384. The van der Waals surface area contributed by atoms with Gasteiger partial charge in [0.15, 0.2) is 0 Å². The molecule has 0 unspecified atom stereocenters. The van der Waals surface area contributed by atoms with Gasteiger partial charge in [-0.3, -0.25) is 10.1 Å². The predicted molar refractivity (Wildman–Crippen MR) is 82.0 cm³/mol. The zero-order valence-electron chi connectivity index (χ0n) is 12.5. The van der Waals surface area contributed by atoms with Crippen molar-refractivity contribution in [2.75, 3.05) is 25.0 Å². The number of benzene rings is 1. The van der Waals surface area contributed by atoms with E-state index in [1.165, 1.54) is 22.5 Å². The van der Waals surface area contributed by atoms with E-state index in [4.69, 9.17) is 0 Å². The minimum absolute atomic E-state index is 0.0688. The van der Waals surface area contributed by atoms with Crippen LogP contribution in [-0.2, 0) is 10.0 Å². The minimum atomic E-state index is -3.63. The van der Waals surface area contributed by atoms with Gasteiger partial charge in [0.1, 0.15) is 5.69 Å². The maximum atomic E-state index is 12.5. The van der Waals surface area contributed by atoms with Gasteiger partial charge in [-0.05, 0) is 25.5 Å². The van der Waals surface area contributed by atoms with Crippen molar-refractivity contribution in [2.24, 2.45) is 0 Å². The number of anilines is 1. The van der Waals surface area contributed by atoms with Crippen molar-refractivity contribution < 1.29 is 13.3 Å². The van der Waals surface area contributed by atoms with Gasteiger partial charge in [0.2, 0.25) is 10.0 Å². The average molecular weight is 315 g/mol. The topological polar surface area (TPSA) is 92.5 Å². The Morgan fingerprint density at radius 2 is 1.95 bits per heavy atom. The second-order valence-electron chi connectivity index (χ2n) is 4.46. The van der Waals surface area contributed by atoms with Crippen molar-refractivity contribution >= 4 is 21.4 Å². The molecule has 0 bridgehead atoms. The highest BCUT2D eigenvalue weighted by molar-refractivity contribution is 7.89. The Hall–Kier alpha value is -1.67. The molecule has 0 spiro atoms. The number of nitro groups is 1. The zero-order chi connectivity index (χ0) is 16.0. The molecular weight excluding hydrogens is 294 g/mol. The van der Waals surface area contributed by atoms with Gasteiger partial charge in [-0.2, -0.15) is 4.31 Å². The van der Waals surface area contributed by atoms with Crippen LogP contribution in [0.3, 0.4) is 0 Å².